The Bertz CT molecular complexity index is 1040. The Hall–Kier alpha value is -3.32. The highest BCUT2D eigenvalue weighted by atomic mass is 19.4. The second-order valence-corrected chi connectivity index (χ2v) is 7.74. The van der Waals surface area contributed by atoms with Crippen LogP contribution in [0.2, 0.25) is 0 Å². The van der Waals surface area contributed by atoms with Crippen LogP contribution < -0.4 is 21.4 Å². The highest BCUT2D eigenvalue weighted by Crippen LogP contribution is 2.36. The summed E-state index contributed by atoms with van der Waals surface area (Å²) in [5, 5.41) is 28.4. The molecule has 3 aliphatic rings. The zero-order valence-electron chi connectivity index (χ0n) is 17.8. The van der Waals surface area contributed by atoms with Gasteiger partial charge in [0.25, 0.3) is 5.91 Å². The van der Waals surface area contributed by atoms with Gasteiger partial charge in [-0.3, -0.25) is 9.80 Å². The van der Waals surface area contributed by atoms with Crippen molar-refractivity contribution >= 4 is 5.91 Å². The monoisotopic (exact) mass is 479 g/mol. The lowest BCUT2D eigenvalue weighted by Crippen LogP contribution is -2.51. The quantitative estimate of drug-likeness (QED) is 0.317. The number of hydrazine groups is 1. The van der Waals surface area contributed by atoms with E-state index < -0.39 is 48.8 Å². The van der Waals surface area contributed by atoms with Crippen LogP contribution in [0.25, 0.3) is 0 Å². The zero-order chi connectivity index (χ0) is 24.3. The van der Waals surface area contributed by atoms with Crippen molar-refractivity contribution in [3.63, 3.8) is 0 Å². The van der Waals surface area contributed by atoms with Crippen molar-refractivity contribution in [2.75, 3.05) is 13.2 Å². The second kappa shape index (κ2) is 9.89. The van der Waals surface area contributed by atoms with Crippen molar-refractivity contribution in [2.45, 2.75) is 30.7 Å². The van der Waals surface area contributed by atoms with Gasteiger partial charge in [-0.25, -0.2) is 5.43 Å². The van der Waals surface area contributed by atoms with E-state index in [-0.39, 0.29) is 17.9 Å². The number of halogens is 3. The van der Waals surface area contributed by atoms with E-state index in [1.165, 1.54) is 29.4 Å². The minimum absolute atomic E-state index is 0.0446. The first-order valence-corrected chi connectivity index (χ1v) is 10.5. The Labute approximate surface area is 193 Å². The maximum Gasteiger partial charge on any atom is 0.416 e. The predicted octanol–water partition coefficient (Wildman–Crippen LogP) is 0.707. The fourth-order valence-corrected chi connectivity index (χ4v) is 3.66. The van der Waals surface area contributed by atoms with Crippen LogP contribution in [0.1, 0.15) is 17.2 Å². The topological polar surface area (TPSA) is 118 Å². The minimum atomic E-state index is -4.51. The molecule has 0 saturated carbocycles. The maximum atomic E-state index is 13.5. The molecule has 34 heavy (non-hydrogen) atoms. The molecule has 0 saturated heterocycles. The molecular weight excluding hydrogens is 455 g/mol. The van der Waals surface area contributed by atoms with Gasteiger partial charge in [0.05, 0.1) is 24.8 Å². The van der Waals surface area contributed by atoms with Crippen LogP contribution in [-0.4, -0.2) is 52.8 Å². The molecule has 6 N–H and O–H groups in total. The summed E-state index contributed by atoms with van der Waals surface area (Å²) < 4.78 is 45.8. The first-order chi connectivity index (χ1) is 16.3. The van der Waals surface area contributed by atoms with Crippen molar-refractivity contribution < 1.29 is 32.9 Å². The Morgan fingerprint density at radius 3 is 2.79 bits per heavy atom. The van der Waals surface area contributed by atoms with E-state index >= 15 is 0 Å². The molecule has 12 heteroatoms. The third-order valence-electron chi connectivity index (χ3n) is 5.30. The Kier molecular flexibility index (Phi) is 6.93. The number of nitrogens with one attached hydrogen (secondary N) is 4. The Balaban J connectivity index is 1.41. The van der Waals surface area contributed by atoms with E-state index in [4.69, 9.17) is 9.84 Å². The van der Waals surface area contributed by atoms with Crippen LogP contribution in [-0.2, 0) is 15.7 Å². The second-order valence-electron chi connectivity index (χ2n) is 7.74. The fraction of sp³-hybridized carbons (Fsp3) is 0.318. The average molecular weight is 479 g/mol. The Morgan fingerprint density at radius 2 is 2.03 bits per heavy atom. The van der Waals surface area contributed by atoms with Crippen LogP contribution in [0.4, 0.5) is 13.2 Å². The lowest BCUT2D eigenvalue weighted by molar-refractivity contribution is -0.138. The van der Waals surface area contributed by atoms with Crippen LogP contribution in [0.15, 0.2) is 72.4 Å². The van der Waals surface area contributed by atoms with Gasteiger partial charge < -0.3 is 30.9 Å². The summed E-state index contributed by atoms with van der Waals surface area (Å²) in [6.07, 6.45) is 3.06. The molecule has 1 aromatic rings. The minimum Gasteiger partial charge on any atom is -0.394 e. The molecule has 1 amide bonds. The average Bonchev–Trinajstić information content (AvgIpc) is 3.25. The van der Waals surface area contributed by atoms with Crippen LogP contribution in [0.3, 0.4) is 0 Å². The molecule has 182 valence electrons. The maximum absolute atomic E-state index is 13.5. The number of carbonyl (C=O) groups excluding carboxylic acids is 1. The third kappa shape index (κ3) is 5.25. The number of hydrogen-bond donors (Lipinski definition) is 6. The van der Waals surface area contributed by atoms with E-state index in [1.807, 2.05) is 0 Å². The van der Waals surface area contributed by atoms with Gasteiger partial charge in [-0.1, -0.05) is 30.4 Å². The normalized spacial score (nSPS) is 24.5. The number of amides is 1. The number of hydrogen-bond acceptors (Lipinski definition) is 8. The van der Waals surface area contributed by atoms with Gasteiger partial charge in [-0.2, -0.15) is 13.2 Å². The van der Waals surface area contributed by atoms with Gasteiger partial charge >= 0.3 is 6.18 Å². The summed E-state index contributed by atoms with van der Waals surface area (Å²) in [6, 6.07) is 4.49. The number of aliphatic hydroxyl groups excluding tert-OH is 2. The smallest absolute Gasteiger partial charge is 0.394 e. The molecule has 3 aliphatic heterocycles. The SMILES string of the molecule is O=C(NC1=CC=CC(OCC(O)CO)N1)C1=CNC2C=CC(c3ccccc3C(F)(F)F)NN12. The number of allylic oxidation sites excluding steroid dienone is 2. The molecule has 0 bridgehead atoms. The van der Waals surface area contributed by atoms with Gasteiger partial charge in [0.2, 0.25) is 0 Å². The summed E-state index contributed by atoms with van der Waals surface area (Å²) >= 11 is 0. The van der Waals surface area contributed by atoms with Gasteiger partial charge in [0.1, 0.15) is 30.0 Å². The van der Waals surface area contributed by atoms with E-state index in [0.29, 0.717) is 5.82 Å². The summed E-state index contributed by atoms with van der Waals surface area (Å²) in [6.45, 7) is -0.550. The van der Waals surface area contributed by atoms with Crippen molar-refractivity contribution in [3.05, 3.63) is 83.5 Å². The number of benzene rings is 1. The van der Waals surface area contributed by atoms with E-state index in [0.717, 1.165) is 6.07 Å². The number of fused-ring (bicyclic) bond motifs is 1. The van der Waals surface area contributed by atoms with Crippen molar-refractivity contribution in [1.82, 2.24) is 26.4 Å². The van der Waals surface area contributed by atoms with Crippen LogP contribution in [0, 0.1) is 0 Å². The van der Waals surface area contributed by atoms with Crippen molar-refractivity contribution in [3.8, 4) is 0 Å². The number of rotatable bonds is 7. The molecule has 4 unspecified atom stereocenters. The molecule has 0 fully saturated rings. The van der Waals surface area contributed by atoms with E-state index in [9.17, 15) is 23.1 Å². The molecule has 4 atom stereocenters. The highest BCUT2D eigenvalue weighted by molar-refractivity contribution is 5.94. The third-order valence-corrected chi connectivity index (χ3v) is 5.30. The number of aliphatic hydroxyl groups is 2. The summed E-state index contributed by atoms with van der Waals surface area (Å²) in [5.41, 5.74) is 2.45. The van der Waals surface area contributed by atoms with Crippen molar-refractivity contribution in [1.29, 1.82) is 0 Å². The van der Waals surface area contributed by atoms with E-state index in [2.05, 4.69) is 21.4 Å². The largest absolute Gasteiger partial charge is 0.416 e. The molecule has 0 aliphatic carbocycles. The lowest BCUT2D eigenvalue weighted by atomic mass is 9.99. The van der Waals surface area contributed by atoms with E-state index in [1.54, 1.807) is 30.4 Å². The summed E-state index contributed by atoms with van der Waals surface area (Å²) in [7, 11) is 0. The first-order valence-electron chi connectivity index (χ1n) is 10.5. The standard InChI is InChI=1S/C22H24F3N5O4/c23-22(24,25)15-5-2-1-4-14(15)16-8-9-19-26-10-17(30(19)29-16)21(33)28-18-6-3-7-20(27-18)34-12-13(32)11-31/h1-10,13,16,19-20,26-27,29,31-32H,11-12H2,(H,28,33). The van der Waals surface area contributed by atoms with Crippen LogP contribution >= 0.6 is 0 Å². The molecule has 0 radical (unpaired) electrons. The number of nitrogens with zero attached hydrogens (tertiary/aromatic N) is 1. The number of ether oxygens (including phenoxy) is 1. The predicted molar refractivity (Wildman–Crippen MR) is 115 cm³/mol. The number of alkyl halides is 3. The van der Waals surface area contributed by atoms with Gasteiger partial charge in [-0.15, -0.1) is 0 Å². The lowest BCUT2D eigenvalue weighted by Gasteiger charge is -2.35. The Morgan fingerprint density at radius 1 is 1.24 bits per heavy atom. The molecule has 4 rings (SSSR count). The molecule has 3 heterocycles. The number of carbonyl (C=O) groups is 1. The van der Waals surface area contributed by atoms with Crippen molar-refractivity contribution in [2.24, 2.45) is 0 Å². The van der Waals surface area contributed by atoms with Gasteiger partial charge in [-0.05, 0) is 29.9 Å². The highest BCUT2D eigenvalue weighted by Gasteiger charge is 2.38. The first kappa shape index (κ1) is 23.8. The van der Waals surface area contributed by atoms with Gasteiger partial charge in [0, 0.05) is 6.20 Å². The summed E-state index contributed by atoms with van der Waals surface area (Å²) in [4.78, 5) is 12.9. The number of dihydropyridines is 1. The molecule has 0 spiro atoms. The molecule has 0 aromatic heterocycles. The molecule has 1 aromatic carbocycles. The molecule has 9 nitrogen and oxygen atoms in total. The van der Waals surface area contributed by atoms with Gasteiger partial charge in [0.15, 0.2) is 0 Å². The molecular formula is C22H24F3N5O4. The fourth-order valence-electron chi connectivity index (χ4n) is 3.66. The summed E-state index contributed by atoms with van der Waals surface area (Å²) in [5.74, 6) is -0.185. The van der Waals surface area contributed by atoms with Crippen LogP contribution in [0.5, 0.6) is 0 Å². The zero-order valence-corrected chi connectivity index (χ0v) is 17.8.